The highest BCUT2D eigenvalue weighted by molar-refractivity contribution is 6.45. The number of nitrogens with one attached hydrogen (secondary N) is 1. The van der Waals surface area contributed by atoms with Gasteiger partial charge in [-0.3, -0.25) is 4.79 Å². The molecule has 3 heterocycles. The average Bonchev–Trinajstić information content (AvgIpc) is 3.35. The summed E-state index contributed by atoms with van der Waals surface area (Å²) in [6.45, 7) is 0.762. The fraction of sp³-hybridized carbons (Fsp3) is 0.278. The van der Waals surface area contributed by atoms with Gasteiger partial charge in [-0.2, -0.15) is 0 Å². The first kappa shape index (κ1) is 17.1. The van der Waals surface area contributed by atoms with Crippen molar-refractivity contribution < 1.29 is 4.79 Å². The normalized spacial score (nSPS) is 17.0. The van der Waals surface area contributed by atoms with Gasteiger partial charge in [-0.05, 0) is 25.0 Å². The summed E-state index contributed by atoms with van der Waals surface area (Å²) in [6, 6.07) is 5.39. The molecule has 1 N–H and O–H groups in total. The van der Waals surface area contributed by atoms with Gasteiger partial charge >= 0.3 is 0 Å². The molecule has 26 heavy (non-hydrogen) atoms. The molecule has 1 aromatic carbocycles. The Kier molecular flexibility index (Phi) is 4.46. The van der Waals surface area contributed by atoms with Crippen molar-refractivity contribution >= 4 is 45.8 Å². The van der Waals surface area contributed by atoms with Gasteiger partial charge in [0, 0.05) is 37.4 Å². The van der Waals surface area contributed by atoms with E-state index < -0.39 is 0 Å². The molecule has 1 saturated heterocycles. The molecule has 4 rings (SSSR count). The van der Waals surface area contributed by atoms with Crippen LogP contribution in [0.1, 0.15) is 12.8 Å². The first-order valence-electron chi connectivity index (χ1n) is 8.35. The van der Waals surface area contributed by atoms with Crippen LogP contribution < -0.4 is 10.2 Å². The van der Waals surface area contributed by atoms with E-state index in [4.69, 9.17) is 28.2 Å². The Balaban J connectivity index is 1.93. The third kappa shape index (κ3) is 2.79. The standard InChI is InChI=1S/C18H17Cl2N5O/c1-21-18(26)13-3-2-7-25(13)15-9-14(24-8-6-22-10-24)11-4-5-12(19)16(20)17(11)23-15/h4-6,8-10,13H,2-3,7H2,1H3,(H,21,26)/t13-/m0/s1. The van der Waals surface area contributed by atoms with E-state index in [9.17, 15) is 4.79 Å². The van der Waals surface area contributed by atoms with Gasteiger partial charge in [0.1, 0.15) is 11.9 Å². The van der Waals surface area contributed by atoms with E-state index in [0.717, 1.165) is 30.5 Å². The van der Waals surface area contributed by atoms with Crippen molar-refractivity contribution in [3.05, 3.63) is 47.0 Å². The number of pyridine rings is 1. The first-order chi connectivity index (χ1) is 12.6. The minimum Gasteiger partial charge on any atom is -0.357 e. The van der Waals surface area contributed by atoms with Crippen molar-refractivity contribution in [3.63, 3.8) is 0 Å². The van der Waals surface area contributed by atoms with Crippen LogP contribution in [0.15, 0.2) is 36.9 Å². The molecular weight excluding hydrogens is 373 g/mol. The second-order valence-corrected chi connectivity index (χ2v) is 6.98. The third-order valence-electron chi connectivity index (χ3n) is 4.72. The Labute approximate surface area is 160 Å². The molecule has 8 heteroatoms. The predicted molar refractivity (Wildman–Crippen MR) is 103 cm³/mol. The van der Waals surface area contributed by atoms with E-state index >= 15 is 0 Å². The van der Waals surface area contributed by atoms with E-state index in [1.807, 2.05) is 27.8 Å². The summed E-state index contributed by atoms with van der Waals surface area (Å²) < 4.78 is 1.91. The minimum absolute atomic E-state index is 0.00855. The Morgan fingerprint density at radius 3 is 2.92 bits per heavy atom. The van der Waals surface area contributed by atoms with Crippen LogP contribution >= 0.6 is 23.2 Å². The topological polar surface area (TPSA) is 63.1 Å². The maximum atomic E-state index is 12.3. The van der Waals surface area contributed by atoms with E-state index in [-0.39, 0.29) is 11.9 Å². The largest absolute Gasteiger partial charge is 0.357 e. The van der Waals surface area contributed by atoms with Crippen molar-refractivity contribution in [1.29, 1.82) is 0 Å². The average molecular weight is 390 g/mol. The fourth-order valence-electron chi connectivity index (χ4n) is 3.45. The number of fused-ring (bicyclic) bond motifs is 1. The van der Waals surface area contributed by atoms with Crippen LogP contribution in [0, 0.1) is 0 Å². The smallest absolute Gasteiger partial charge is 0.242 e. The van der Waals surface area contributed by atoms with Gasteiger partial charge in [0.05, 0.1) is 27.6 Å². The molecule has 6 nitrogen and oxygen atoms in total. The van der Waals surface area contributed by atoms with Gasteiger partial charge in [0.25, 0.3) is 0 Å². The number of likely N-dealkylation sites (N-methyl/N-ethyl adjacent to an activating group) is 1. The summed E-state index contributed by atoms with van der Waals surface area (Å²) in [6.07, 6.45) is 7.03. The predicted octanol–water partition coefficient (Wildman–Crippen LogP) is 3.44. The number of carbonyl (C=O) groups is 1. The van der Waals surface area contributed by atoms with Gasteiger partial charge in [0.15, 0.2) is 0 Å². The van der Waals surface area contributed by atoms with Crippen LogP contribution in [-0.4, -0.2) is 40.1 Å². The molecule has 0 radical (unpaired) electrons. The highest BCUT2D eigenvalue weighted by atomic mass is 35.5. The Bertz CT molecular complexity index is 973. The van der Waals surface area contributed by atoms with Gasteiger partial charge < -0.3 is 14.8 Å². The zero-order chi connectivity index (χ0) is 18.3. The molecule has 1 atom stereocenters. The lowest BCUT2D eigenvalue weighted by atomic mass is 10.1. The van der Waals surface area contributed by atoms with E-state index in [2.05, 4.69) is 10.3 Å². The summed E-state index contributed by atoms with van der Waals surface area (Å²) >= 11 is 12.7. The lowest BCUT2D eigenvalue weighted by molar-refractivity contribution is -0.121. The number of nitrogens with zero attached hydrogens (tertiary/aromatic N) is 4. The summed E-state index contributed by atoms with van der Waals surface area (Å²) in [5.41, 5.74) is 1.51. The van der Waals surface area contributed by atoms with Crippen LogP contribution in [0.3, 0.4) is 0 Å². The number of halogens is 2. The zero-order valence-corrected chi connectivity index (χ0v) is 15.6. The number of benzene rings is 1. The number of rotatable bonds is 3. The summed E-state index contributed by atoms with van der Waals surface area (Å²) in [7, 11) is 1.65. The van der Waals surface area contributed by atoms with Gasteiger partial charge in [0.2, 0.25) is 5.91 Å². The Hall–Kier alpha value is -2.31. The van der Waals surface area contributed by atoms with Gasteiger partial charge in [-0.15, -0.1) is 0 Å². The summed E-state index contributed by atoms with van der Waals surface area (Å²) in [5, 5.41) is 4.46. The van der Waals surface area contributed by atoms with Crippen LogP contribution in [0.4, 0.5) is 5.82 Å². The monoisotopic (exact) mass is 389 g/mol. The number of imidazole rings is 1. The highest BCUT2D eigenvalue weighted by Gasteiger charge is 2.31. The molecule has 1 aliphatic heterocycles. The molecular formula is C18H17Cl2N5O. The van der Waals surface area contributed by atoms with Crippen LogP contribution in [0.5, 0.6) is 0 Å². The van der Waals surface area contributed by atoms with Crippen molar-refractivity contribution in [1.82, 2.24) is 19.9 Å². The zero-order valence-electron chi connectivity index (χ0n) is 14.1. The lowest BCUT2D eigenvalue weighted by Crippen LogP contribution is -2.42. The van der Waals surface area contributed by atoms with Crippen LogP contribution in [-0.2, 0) is 4.79 Å². The molecule has 1 aliphatic rings. The molecule has 3 aromatic rings. The van der Waals surface area contributed by atoms with Crippen molar-refractivity contribution in [3.8, 4) is 5.69 Å². The summed E-state index contributed by atoms with van der Waals surface area (Å²) in [4.78, 5) is 23.2. The second kappa shape index (κ2) is 6.78. The minimum atomic E-state index is -0.237. The molecule has 0 aliphatic carbocycles. The molecule has 1 amide bonds. The molecule has 1 fully saturated rings. The van der Waals surface area contributed by atoms with Crippen molar-refractivity contribution in [2.24, 2.45) is 0 Å². The second-order valence-electron chi connectivity index (χ2n) is 6.19. The van der Waals surface area contributed by atoms with E-state index in [1.165, 1.54) is 0 Å². The maximum absolute atomic E-state index is 12.3. The molecule has 0 bridgehead atoms. The Morgan fingerprint density at radius 2 is 2.19 bits per heavy atom. The molecule has 2 aromatic heterocycles. The third-order valence-corrected chi connectivity index (χ3v) is 5.51. The number of aromatic nitrogens is 3. The van der Waals surface area contributed by atoms with Crippen molar-refractivity contribution in [2.75, 3.05) is 18.5 Å². The van der Waals surface area contributed by atoms with Gasteiger partial charge in [-0.25, -0.2) is 9.97 Å². The van der Waals surface area contributed by atoms with Crippen LogP contribution in [0.25, 0.3) is 16.6 Å². The highest BCUT2D eigenvalue weighted by Crippen LogP contribution is 2.36. The number of amides is 1. The molecule has 0 spiro atoms. The lowest BCUT2D eigenvalue weighted by Gasteiger charge is -2.25. The number of carbonyl (C=O) groups excluding carboxylic acids is 1. The molecule has 134 valence electrons. The van der Waals surface area contributed by atoms with Crippen molar-refractivity contribution in [2.45, 2.75) is 18.9 Å². The number of hydrogen-bond donors (Lipinski definition) is 1. The fourth-order valence-corrected chi connectivity index (χ4v) is 3.80. The Morgan fingerprint density at radius 1 is 1.35 bits per heavy atom. The molecule has 0 unspecified atom stereocenters. The molecule has 0 saturated carbocycles. The quantitative estimate of drug-likeness (QED) is 0.744. The first-order valence-corrected chi connectivity index (χ1v) is 9.11. The maximum Gasteiger partial charge on any atom is 0.242 e. The van der Waals surface area contributed by atoms with Crippen LogP contribution in [0.2, 0.25) is 10.0 Å². The van der Waals surface area contributed by atoms with E-state index in [1.54, 1.807) is 25.6 Å². The van der Waals surface area contributed by atoms with E-state index in [0.29, 0.717) is 21.4 Å². The SMILES string of the molecule is CNC(=O)[C@@H]1CCCN1c1cc(-n2ccnc2)c2ccc(Cl)c(Cl)c2n1. The number of hydrogen-bond acceptors (Lipinski definition) is 4. The number of anilines is 1. The summed E-state index contributed by atoms with van der Waals surface area (Å²) in [5.74, 6) is 0.697. The van der Waals surface area contributed by atoms with Gasteiger partial charge in [-0.1, -0.05) is 23.2 Å².